The third kappa shape index (κ3) is 10.2. The van der Waals surface area contributed by atoms with Crippen LogP contribution in [0.2, 0.25) is 5.02 Å². The Morgan fingerprint density at radius 3 is 2.23 bits per heavy atom. The molecule has 1 atom stereocenters. The molecule has 0 aliphatic heterocycles. The Hall–Kier alpha value is -5.19. The molecule has 6 N–H and O–H groups in total. The van der Waals surface area contributed by atoms with E-state index in [1.54, 1.807) is 12.1 Å². The molecule has 250 valence electrons. The molecule has 18 heteroatoms. The SMILES string of the molecule is CNC(=O)C(=O)NCCCC(NC(=O)c1ccc(Nc2nc(NC3(c4ccc(Cl)cc4)CC3)nc(OCC(F)(F)F)n2)cc1)C(=O)O. The van der Waals surface area contributed by atoms with Gasteiger partial charge in [0.2, 0.25) is 11.9 Å². The third-order valence-corrected chi connectivity index (χ3v) is 7.12. The first-order valence-electron chi connectivity index (χ1n) is 14.2. The van der Waals surface area contributed by atoms with Gasteiger partial charge in [-0.3, -0.25) is 14.4 Å². The van der Waals surface area contributed by atoms with Crippen molar-refractivity contribution in [3.05, 3.63) is 64.7 Å². The number of benzene rings is 2. The van der Waals surface area contributed by atoms with Crippen LogP contribution in [0.5, 0.6) is 6.01 Å². The van der Waals surface area contributed by atoms with E-state index >= 15 is 0 Å². The van der Waals surface area contributed by atoms with E-state index < -0.39 is 54.1 Å². The van der Waals surface area contributed by atoms with Crippen LogP contribution in [-0.4, -0.2) is 76.2 Å². The summed E-state index contributed by atoms with van der Waals surface area (Å²) in [7, 11) is 1.29. The Morgan fingerprint density at radius 2 is 1.64 bits per heavy atom. The third-order valence-electron chi connectivity index (χ3n) is 6.87. The van der Waals surface area contributed by atoms with Gasteiger partial charge < -0.3 is 36.4 Å². The second kappa shape index (κ2) is 14.9. The molecule has 4 rings (SSSR count). The van der Waals surface area contributed by atoms with Crippen molar-refractivity contribution in [3.63, 3.8) is 0 Å². The van der Waals surface area contributed by atoms with Crippen LogP contribution in [-0.2, 0) is 19.9 Å². The van der Waals surface area contributed by atoms with Gasteiger partial charge >= 0.3 is 30.0 Å². The zero-order chi connectivity index (χ0) is 34.2. The number of hydrogen-bond acceptors (Lipinski definition) is 10. The lowest BCUT2D eigenvalue weighted by Crippen LogP contribution is -2.42. The maximum atomic E-state index is 12.9. The maximum absolute atomic E-state index is 12.9. The lowest BCUT2D eigenvalue weighted by atomic mass is 10.1. The number of nitrogens with zero attached hydrogens (tertiary/aromatic N) is 3. The van der Waals surface area contributed by atoms with E-state index in [4.69, 9.17) is 16.3 Å². The topological polar surface area (TPSA) is 197 Å². The van der Waals surface area contributed by atoms with E-state index in [1.807, 2.05) is 12.1 Å². The second-order valence-corrected chi connectivity index (χ2v) is 10.9. The number of amides is 3. The fraction of sp³-hybridized carbons (Fsp3) is 0.345. The van der Waals surface area contributed by atoms with Crippen molar-refractivity contribution >= 4 is 52.9 Å². The standard InChI is InChI=1S/C29H30ClF3N8O6/c1-34-22(43)23(44)35-14-2-3-20(24(45)46)37-21(42)16-4-10-19(11-5-16)36-25-38-26(40-27(39-25)47-15-29(31,32)33)41-28(12-13-28)17-6-8-18(30)9-7-17/h4-11,20H,2-3,12-15H2,1H3,(H,34,43)(H,35,44)(H,37,42)(H,45,46)(H2,36,38,39,40,41). The molecule has 2 aromatic carbocycles. The molecule has 1 unspecified atom stereocenters. The van der Waals surface area contributed by atoms with Gasteiger partial charge in [0.05, 0.1) is 5.54 Å². The van der Waals surface area contributed by atoms with Crippen molar-refractivity contribution in [2.75, 3.05) is 30.8 Å². The van der Waals surface area contributed by atoms with Gasteiger partial charge in [0.1, 0.15) is 6.04 Å². The number of carboxylic acids is 1. The Labute approximate surface area is 270 Å². The Bertz CT molecular complexity index is 1600. The minimum absolute atomic E-state index is 0.0195. The molecule has 3 aromatic rings. The average Bonchev–Trinajstić information content (AvgIpc) is 3.81. The molecule has 0 saturated heterocycles. The van der Waals surface area contributed by atoms with E-state index in [2.05, 4.69) is 41.5 Å². The summed E-state index contributed by atoms with van der Waals surface area (Å²) in [5, 5.41) is 23.0. The predicted molar refractivity (Wildman–Crippen MR) is 162 cm³/mol. The van der Waals surface area contributed by atoms with Gasteiger partial charge in [0.15, 0.2) is 6.61 Å². The highest BCUT2D eigenvalue weighted by atomic mass is 35.5. The van der Waals surface area contributed by atoms with Crippen LogP contribution < -0.4 is 31.3 Å². The number of alkyl halides is 3. The molecule has 1 fully saturated rings. The number of nitrogens with one attached hydrogen (secondary N) is 5. The van der Waals surface area contributed by atoms with Crippen molar-refractivity contribution < 1.29 is 42.2 Å². The normalized spacial score (nSPS) is 13.9. The molecule has 1 aliphatic carbocycles. The van der Waals surface area contributed by atoms with E-state index in [-0.39, 0.29) is 36.8 Å². The lowest BCUT2D eigenvalue weighted by Gasteiger charge is -2.19. The van der Waals surface area contributed by atoms with Gasteiger partial charge in [-0.25, -0.2) is 4.79 Å². The number of anilines is 3. The largest absolute Gasteiger partial charge is 0.480 e. The molecule has 1 saturated carbocycles. The molecular formula is C29H30ClF3N8O6. The highest BCUT2D eigenvalue weighted by Gasteiger charge is 2.45. The summed E-state index contributed by atoms with van der Waals surface area (Å²) in [4.78, 5) is 59.4. The highest BCUT2D eigenvalue weighted by Crippen LogP contribution is 2.48. The fourth-order valence-corrected chi connectivity index (χ4v) is 4.43. The first kappa shape index (κ1) is 34.7. The minimum atomic E-state index is -4.63. The molecule has 0 radical (unpaired) electrons. The summed E-state index contributed by atoms with van der Waals surface area (Å²) in [5.41, 5.74) is 0.801. The molecule has 0 bridgehead atoms. The Kier molecular flexibility index (Phi) is 11.0. The predicted octanol–water partition coefficient (Wildman–Crippen LogP) is 3.14. The summed E-state index contributed by atoms with van der Waals surface area (Å²) < 4.78 is 43.4. The molecule has 14 nitrogen and oxygen atoms in total. The van der Waals surface area contributed by atoms with E-state index in [0.717, 1.165) is 5.56 Å². The molecule has 0 spiro atoms. The summed E-state index contributed by atoms with van der Waals surface area (Å²) in [6.07, 6.45) is -3.07. The molecule has 1 heterocycles. The lowest BCUT2D eigenvalue weighted by molar-refractivity contribution is -0.154. The number of aliphatic carboxylic acids is 1. The number of carbonyl (C=O) groups is 4. The molecule has 1 aliphatic rings. The molecule has 1 aromatic heterocycles. The Balaban J connectivity index is 1.42. The number of ether oxygens (including phenoxy) is 1. The summed E-state index contributed by atoms with van der Waals surface area (Å²) >= 11 is 6.00. The van der Waals surface area contributed by atoms with Crippen LogP contribution in [0, 0.1) is 0 Å². The van der Waals surface area contributed by atoms with Gasteiger partial charge in [-0.15, -0.1) is 0 Å². The first-order chi connectivity index (χ1) is 22.3. The van der Waals surface area contributed by atoms with Gasteiger partial charge in [-0.05, 0) is 67.6 Å². The number of carboxylic acid groups (broad SMARTS) is 1. The van der Waals surface area contributed by atoms with Crippen molar-refractivity contribution in [1.82, 2.24) is 30.9 Å². The van der Waals surface area contributed by atoms with Crippen molar-refractivity contribution in [3.8, 4) is 6.01 Å². The number of hydrogen-bond donors (Lipinski definition) is 6. The van der Waals surface area contributed by atoms with Crippen molar-refractivity contribution in [2.24, 2.45) is 0 Å². The Morgan fingerprint density at radius 1 is 0.979 bits per heavy atom. The van der Waals surface area contributed by atoms with Gasteiger partial charge in [-0.2, -0.15) is 28.1 Å². The van der Waals surface area contributed by atoms with E-state index in [1.165, 1.54) is 31.3 Å². The monoisotopic (exact) mass is 678 g/mol. The van der Waals surface area contributed by atoms with Crippen molar-refractivity contribution in [1.29, 1.82) is 0 Å². The van der Waals surface area contributed by atoms with Crippen LogP contribution in [0.4, 0.5) is 30.8 Å². The van der Waals surface area contributed by atoms with E-state index in [0.29, 0.717) is 23.6 Å². The summed E-state index contributed by atoms with van der Waals surface area (Å²) in [6, 6.07) is 11.0. The highest BCUT2D eigenvalue weighted by molar-refractivity contribution is 6.35. The summed E-state index contributed by atoms with van der Waals surface area (Å²) in [6.45, 7) is -1.60. The van der Waals surface area contributed by atoms with Gasteiger partial charge in [-0.1, -0.05) is 23.7 Å². The van der Waals surface area contributed by atoms with Crippen LogP contribution in [0.15, 0.2) is 48.5 Å². The molecule has 3 amide bonds. The molecular weight excluding hydrogens is 649 g/mol. The number of aromatic nitrogens is 3. The van der Waals surface area contributed by atoms with Gasteiger partial charge in [0, 0.05) is 29.9 Å². The zero-order valence-corrected chi connectivity index (χ0v) is 25.5. The minimum Gasteiger partial charge on any atom is -0.480 e. The average molecular weight is 679 g/mol. The second-order valence-electron chi connectivity index (χ2n) is 10.4. The molecule has 47 heavy (non-hydrogen) atoms. The van der Waals surface area contributed by atoms with Crippen LogP contribution in [0.25, 0.3) is 0 Å². The number of halogens is 4. The number of carbonyl (C=O) groups excluding carboxylic acids is 3. The van der Waals surface area contributed by atoms with Crippen molar-refractivity contribution in [2.45, 2.75) is 43.4 Å². The quantitative estimate of drug-likeness (QED) is 0.108. The zero-order valence-electron chi connectivity index (χ0n) is 24.8. The number of rotatable bonds is 14. The first-order valence-corrected chi connectivity index (χ1v) is 14.6. The van der Waals surface area contributed by atoms with Crippen LogP contribution in [0.1, 0.15) is 41.6 Å². The van der Waals surface area contributed by atoms with Gasteiger partial charge in [0.25, 0.3) is 5.91 Å². The number of likely N-dealkylation sites (N-methyl/N-ethyl adjacent to an activating group) is 1. The fourth-order valence-electron chi connectivity index (χ4n) is 4.31. The summed E-state index contributed by atoms with van der Waals surface area (Å²) in [5.74, 6) is -3.86. The smallest absolute Gasteiger partial charge is 0.422 e. The van der Waals surface area contributed by atoms with E-state index in [9.17, 15) is 37.5 Å². The maximum Gasteiger partial charge on any atom is 0.422 e. The van der Waals surface area contributed by atoms with Crippen LogP contribution >= 0.6 is 11.6 Å². The van der Waals surface area contributed by atoms with Crippen LogP contribution in [0.3, 0.4) is 0 Å².